The first kappa shape index (κ1) is 17.7. The van der Waals surface area contributed by atoms with Gasteiger partial charge in [-0.1, -0.05) is 36.4 Å². The van der Waals surface area contributed by atoms with Gasteiger partial charge in [-0.3, -0.25) is 4.79 Å². The van der Waals surface area contributed by atoms with Crippen molar-refractivity contribution in [1.82, 2.24) is 20.3 Å². The summed E-state index contributed by atoms with van der Waals surface area (Å²) in [4.78, 5) is 17.3. The zero-order chi connectivity index (χ0) is 17.6. The third-order valence-electron chi connectivity index (χ3n) is 3.80. The molecule has 3 rings (SSSR count). The Balaban J connectivity index is 1.51. The van der Waals surface area contributed by atoms with E-state index in [9.17, 15) is 4.79 Å². The number of aromatic nitrogens is 4. The van der Waals surface area contributed by atoms with Crippen molar-refractivity contribution in [2.45, 2.75) is 45.4 Å². The number of hydrogen-bond donors (Lipinski definition) is 1. The molecule has 0 radical (unpaired) electrons. The van der Waals surface area contributed by atoms with Crippen molar-refractivity contribution >= 4 is 33.7 Å². The van der Waals surface area contributed by atoms with Gasteiger partial charge in [0.1, 0.15) is 5.01 Å². The van der Waals surface area contributed by atoms with Crippen LogP contribution in [0.3, 0.4) is 0 Å². The van der Waals surface area contributed by atoms with Gasteiger partial charge in [-0.25, -0.2) is 0 Å². The van der Waals surface area contributed by atoms with Gasteiger partial charge in [0, 0.05) is 18.8 Å². The average molecular weight is 377 g/mol. The second kappa shape index (κ2) is 8.30. The lowest BCUT2D eigenvalue weighted by Crippen LogP contribution is -2.12. The quantitative estimate of drug-likeness (QED) is 0.634. The van der Waals surface area contributed by atoms with Crippen LogP contribution in [0.15, 0.2) is 22.0 Å². The van der Waals surface area contributed by atoms with E-state index >= 15 is 0 Å². The number of rotatable bonds is 8. The van der Waals surface area contributed by atoms with E-state index in [4.69, 9.17) is 4.52 Å². The minimum atomic E-state index is -0.136. The number of thiophene rings is 1. The van der Waals surface area contributed by atoms with Crippen LogP contribution in [0, 0.1) is 0 Å². The number of anilines is 1. The Kier molecular flexibility index (Phi) is 5.87. The lowest BCUT2D eigenvalue weighted by Gasteiger charge is -2.05. The van der Waals surface area contributed by atoms with E-state index in [1.807, 2.05) is 17.5 Å². The molecule has 0 spiro atoms. The van der Waals surface area contributed by atoms with Crippen LogP contribution in [0.25, 0.3) is 10.7 Å². The minimum Gasteiger partial charge on any atom is -0.339 e. The van der Waals surface area contributed by atoms with Gasteiger partial charge in [0.05, 0.1) is 4.88 Å². The molecule has 0 saturated carbocycles. The Labute approximate surface area is 153 Å². The van der Waals surface area contributed by atoms with Crippen molar-refractivity contribution in [2.75, 3.05) is 5.32 Å². The van der Waals surface area contributed by atoms with Crippen molar-refractivity contribution in [1.29, 1.82) is 0 Å². The molecule has 0 bridgehead atoms. The summed E-state index contributed by atoms with van der Waals surface area (Å²) in [5.74, 6) is 1.28. The van der Waals surface area contributed by atoms with Gasteiger partial charge in [0.15, 0.2) is 0 Å². The van der Waals surface area contributed by atoms with Crippen molar-refractivity contribution in [2.24, 2.45) is 0 Å². The Morgan fingerprint density at radius 2 is 2.16 bits per heavy atom. The van der Waals surface area contributed by atoms with Crippen LogP contribution in [0.5, 0.6) is 0 Å². The Morgan fingerprint density at radius 3 is 2.88 bits per heavy atom. The summed E-state index contributed by atoms with van der Waals surface area (Å²) in [6, 6.07) is 3.86. The Hall–Kier alpha value is -2.13. The van der Waals surface area contributed by atoms with Crippen LogP contribution in [0.1, 0.15) is 49.9 Å². The molecule has 0 aliphatic heterocycles. The SMILES string of the molecule is CCC(CC)c1nnc(NC(=O)CCc2nc(-c3cccs3)no2)s1. The summed E-state index contributed by atoms with van der Waals surface area (Å²) in [6.07, 6.45) is 2.68. The summed E-state index contributed by atoms with van der Waals surface area (Å²) >= 11 is 2.98. The van der Waals surface area contributed by atoms with E-state index < -0.39 is 0 Å². The average Bonchev–Trinajstić information content (AvgIpc) is 3.35. The lowest BCUT2D eigenvalue weighted by atomic mass is 10.1. The lowest BCUT2D eigenvalue weighted by molar-refractivity contribution is -0.116. The van der Waals surface area contributed by atoms with E-state index in [0.717, 1.165) is 22.7 Å². The second-order valence-corrected chi connectivity index (χ2v) is 7.45. The molecular formula is C16H19N5O2S2. The molecule has 0 aromatic carbocycles. The highest BCUT2D eigenvalue weighted by atomic mass is 32.1. The van der Waals surface area contributed by atoms with Gasteiger partial charge >= 0.3 is 0 Å². The van der Waals surface area contributed by atoms with Crippen molar-refractivity contribution < 1.29 is 9.32 Å². The number of nitrogens with one attached hydrogen (secondary N) is 1. The molecule has 0 fully saturated rings. The summed E-state index contributed by atoms with van der Waals surface area (Å²) < 4.78 is 5.19. The number of nitrogens with zero attached hydrogens (tertiary/aromatic N) is 4. The number of hydrogen-bond acceptors (Lipinski definition) is 8. The summed E-state index contributed by atoms with van der Waals surface area (Å²) in [7, 11) is 0. The monoisotopic (exact) mass is 377 g/mol. The van der Waals surface area contributed by atoms with Crippen LogP contribution in [-0.4, -0.2) is 26.2 Å². The first-order valence-corrected chi connectivity index (χ1v) is 9.88. The van der Waals surface area contributed by atoms with Gasteiger partial charge in [0.2, 0.25) is 22.8 Å². The number of carbonyl (C=O) groups is 1. The number of carbonyl (C=O) groups excluding carboxylic acids is 1. The van der Waals surface area contributed by atoms with Crippen molar-refractivity contribution in [3.63, 3.8) is 0 Å². The van der Waals surface area contributed by atoms with Gasteiger partial charge in [-0.05, 0) is 24.3 Å². The predicted molar refractivity (Wildman–Crippen MR) is 97.8 cm³/mol. The molecule has 0 aliphatic carbocycles. The van der Waals surface area contributed by atoms with Crippen LogP contribution in [0.4, 0.5) is 5.13 Å². The smallest absolute Gasteiger partial charge is 0.227 e. The van der Waals surface area contributed by atoms with Crippen LogP contribution < -0.4 is 5.32 Å². The highest BCUT2D eigenvalue weighted by Crippen LogP contribution is 2.28. The number of aryl methyl sites for hydroxylation is 1. The van der Waals surface area contributed by atoms with Crippen LogP contribution >= 0.6 is 22.7 Å². The van der Waals surface area contributed by atoms with Gasteiger partial charge < -0.3 is 9.84 Å². The Morgan fingerprint density at radius 1 is 1.32 bits per heavy atom. The highest BCUT2D eigenvalue weighted by molar-refractivity contribution is 7.15. The normalized spacial score (nSPS) is 11.2. The van der Waals surface area contributed by atoms with Gasteiger partial charge in [0.25, 0.3) is 0 Å². The maximum atomic E-state index is 12.1. The predicted octanol–water partition coefficient (Wildman–Crippen LogP) is 4.12. The molecule has 3 heterocycles. The van der Waals surface area contributed by atoms with E-state index in [1.165, 1.54) is 11.3 Å². The molecule has 9 heteroatoms. The van der Waals surface area contributed by atoms with E-state index in [0.29, 0.717) is 29.2 Å². The molecular weight excluding hydrogens is 358 g/mol. The zero-order valence-corrected chi connectivity index (χ0v) is 15.7. The molecule has 0 unspecified atom stereocenters. The molecule has 0 aliphatic rings. The van der Waals surface area contributed by atoms with Gasteiger partial charge in [-0.15, -0.1) is 21.5 Å². The minimum absolute atomic E-state index is 0.136. The zero-order valence-electron chi connectivity index (χ0n) is 14.1. The highest BCUT2D eigenvalue weighted by Gasteiger charge is 2.15. The standard InChI is InChI=1S/C16H19N5O2S2/c1-3-10(4-2)15-19-20-16(25-15)17-12(22)7-8-13-18-14(21-23-13)11-6-5-9-24-11/h5-6,9-10H,3-4,7-8H2,1-2H3,(H,17,20,22). The topological polar surface area (TPSA) is 93.8 Å². The fourth-order valence-corrected chi connectivity index (χ4v) is 4.03. The molecule has 0 saturated heterocycles. The van der Waals surface area contributed by atoms with E-state index in [2.05, 4.69) is 39.5 Å². The molecule has 3 aromatic rings. The van der Waals surface area contributed by atoms with Gasteiger partial charge in [-0.2, -0.15) is 4.98 Å². The second-order valence-electron chi connectivity index (χ2n) is 5.50. The maximum Gasteiger partial charge on any atom is 0.227 e. The molecule has 3 aromatic heterocycles. The van der Waals surface area contributed by atoms with E-state index in [-0.39, 0.29) is 12.3 Å². The third-order valence-corrected chi connectivity index (χ3v) is 5.66. The van der Waals surface area contributed by atoms with Crippen LogP contribution in [-0.2, 0) is 11.2 Å². The third kappa shape index (κ3) is 4.49. The summed E-state index contributed by atoms with van der Waals surface area (Å²) in [6.45, 7) is 4.26. The summed E-state index contributed by atoms with van der Waals surface area (Å²) in [5, 5.41) is 18.4. The molecule has 0 atom stereocenters. The van der Waals surface area contributed by atoms with Crippen LogP contribution in [0.2, 0.25) is 0 Å². The Bertz CT molecular complexity index is 808. The summed E-state index contributed by atoms with van der Waals surface area (Å²) in [5.41, 5.74) is 0. The largest absolute Gasteiger partial charge is 0.339 e. The molecule has 1 amide bonds. The molecule has 132 valence electrons. The molecule has 25 heavy (non-hydrogen) atoms. The van der Waals surface area contributed by atoms with E-state index in [1.54, 1.807) is 11.3 Å². The number of amides is 1. The van der Waals surface area contributed by atoms with Crippen molar-refractivity contribution in [3.8, 4) is 10.7 Å². The fraction of sp³-hybridized carbons (Fsp3) is 0.438. The maximum absolute atomic E-state index is 12.1. The molecule has 1 N–H and O–H groups in total. The first-order chi connectivity index (χ1) is 12.2. The van der Waals surface area contributed by atoms with Crippen molar-refractivity contribution in [3.05, 3.63) is 28.4 Å². The molecule has 7 nitrogen and oxygen atoms in total. The first-order valence-electron chi connectivity index (χ1n) is 8.19. The fourth-order valence-electron chi connectivity index (χ4n) is 2.35.